The molecule has 6 heteroatoms. The Morgan fingerprint density at radius 1 is 1.10 bits per heavy atom. The van der Waals surface area contributed by atoms with Crippen LogP contribution in [0.3, 0.4) is 0 Å². The Hall–Kier alpha value is -1.95. The summed E-state index contributed by atoms with van der Waals surface area (Å²) in [6, 6.07) is 8.14. The smallest absolute Gasteiger partial charge is 0.161 e. The van der Waals surface area contributed by atoms with Crippen molar-refractivity contribution in [3.05, 3.63) is 51.5 Å². The van der Waals surface area contributed by atoms with Crippen LogP contribution in [0.5, 0.6) is 17.2 Å². The third kappa shape index (κ3) is 4.97. The van der Waals surface area contributed by atoms with Gasteiger partial charge >= 0.3 is 0 Å². The molecule has 1 aliphatic heterocycles. The molecule has 5 nitrogen and oxygen atoms in total. The number of benzene rings is 2. The molecule has 1 atom stereocenters. The Labute approximate surface area is 178 Å². The molecule has 29 heavy (non-hydrogen) atoms. The lowest BCUT2D eigenvalue weighted by Gasteiger charge is -2.30. The van der Waals surface area contributed by atoms with E-state index in [0.717, 1.165) is 47.9 Å². The highest BCUT2D eigenvalue weighted by molar-refractivity contribution is 6.30. The zero-order valence-electron chi connectivity index (χ0n) is 18.0. The van der Waals surface area contributed by atoms with Crippen LogP contribution in [0, 0.1) is 6.92 Å². The second-order valence-corrected chi connectivity index (χ2v) is 8.00. The molecule has 0 fully saturated rings. The summed E-state index contributed by atoms with van der Waals surface area (Å²) in [5.74, 6) is 2.43. The number of hydrogen-bond acceptors (Lipinski definition) is 5. The number of methoxy groups -OCH3 is 1. The van der Waals surface area contributed by atoms with Gasteiger partial charge in [0.1, 0.15) is 12.4 Å². The fourth-order valence-corrected chi connectivity index (χ4v) is 4.05. The number of nitrogens with zero attached hydrogens (tertiary/aromatic N) is 1. The lowest BCUT2D eigenvalue weighted by molar-refractivity contribution is 0.250. The van der Waals surface area contributed by atoms with Gasteiger partial charge in [0.05, 0.1) is 19.8 Å². The van der Waals surface area contributed by atoms with Crippen LogP contribution in [0.4, 0.5) is 0 Å². The maximum atomic E-state index is 6.41. The van der Waals surface area contributed by atoms with Crippen LogP contribution in [0.25, 0.3) is 0 Å². The number of halogens is 1. The van der Waals surface area contributed by atoms with Crippen LogP contribution in [-0.2, 0) is 6.42 Å². The van der Waals surface area contributed by atoms with Crippen molar-refractivity contribution < 1.29 is 14.2 Å². The van der Waals surface area contributed by atoms with E-state index in [-0.39, 0.29) is 6.04 Å². The van der Waals surface area contributed by atoms with Gasteiger partial charge < -0.3 is 24.4 Å². The van der Waals surface area contributed by atoms with E-state index in [4.69, 9.17) is 25.8 Å². The Kier molecular flexibility index (Phi) is 7.28. The fraction of sp³-hybridized carbons (Fsp3) is 0.478. The molecule has 2 aromatic carbocycles. The number of ether oxygens (including phenoxy) is 3. The van der Waals surface area contributed by atoms with Gasteiger partial charge in [0.2, 0.25) is 0 Å². The molecule has 3 rings (SSSR count). The summed E-state index contributed by atoms with van der Waals surface area (Å²) in [6.07, 6.45) is 0.934. The van der Waals surface area contributed by atoms with Crippen LogP contribution in [0.1, 0.15) is 35.2 Å². The third-order valence-corrected chi connectivity index (χ3v) is 5.36. The average Bonchev–Trinajstić information content (AvgIpc) is 2.68. The fourth-order valence-electron chi connectivity index (χ4n) is 3.76. The zero-order valence-corrected chi connectivity index (χ0v) is 18.7. The minimum absolute atomic E-state index is 0.0141. The van der Waals surface area contributed by atoms with Gasteiger partial charge in [-0.05, 0) is 75.3 Å². The van der Waals surface area contributed by atoms with Gasteiger partial charge in [0.25, 0.3) is 0 Å². The molecule has 0 saturated carbocycles. The highest BCUT2D eigenvalue weighted by Gasteiger charge is 2.27. The van der Waals surface area contributed by atoms with Crippen LogP contribution in [0.2, 0.25) is 5.02 Å². The van der Waals surface area contributed by atoms with E-state index in [1.165, 1.54) is 11.1 Å². The maximum Gasteiger partial charge on any atom is 0.161 e. The van der Waals surface area contributed by atoms with Crippen LogP contribution >= 0.6 is 11.6 Å². The molecule has 0 aliphatic carbocycles. The van der Waals surface area contributed by atoms with Gasteiger partial charge in [-0.2, -0.15) is 0 Å². The van der Waals surface area contributed by atoms with Gasteiger partial charge in [-0.25, -0.2) is 0 Å². The molecule has 1 N–H and O–H groups in total. The lowest BCUT2D eigenvalue weighted by Crippen LogP contribution is -2.31. The summed E-state index contributed by atoms with van der Waals surface area (Å²) in [5, 5.41) is 4.35. The Bertz CT molecular complexity index is 855. The van der Waals surface area contributed by atoms with Crippen molar-refractivity contribution in [1.82, 2.24) is 10.2 Å². The maximum absolute atomic E-state index is 6.41. The molecule has 0 spiro atoms. The standard InChI is InChI=1S/C23H31ClN2O3/c1-6-28-23-15(2)11-17(24)13-19(23)22-18-14-21(29-10-9-26(3)4)20(27-5)12-16(18)7-8-25-22/h11-14,22,25H,6-10H2,1-5H3. The van der Waals surface area contributed by atoms with Crippen molar-refractivity contribution in [3.63, 3.8) is 0 Å². The summed E-state index contributed by atoms with van der Waals surface area (Å²) < 4.78 is 17.7. The molecule has 2 aromatic rings. The molecule has 0 saturated heterocycles. The van der Waals surface area contributed by atoms with E-state index in [0.29, 0.717) is 18.2 Å². The van der Waals surface area contributed by atoms with Crippen molar-refractivity contribution in [2.24, 2.45) is 0 Å². The van der Waals surface area contributed by atoms with E-state index in [9.17, 15) is 0 Å². The van der Waals surface area contributed by atoms with Crippen LogP contribution in [-0.4, -0.2) is 52.4 Å². The quantitative estimate of drug-likeness (QED) is 0.694. The van der Waals surface area contributed by atoms with E-state index in [1.807, 2.05) is 40.1 Å². The van der Waals surface area contributed by atoms with Gasteiger partial charge in [0.15, 0.2) is 11.5 Å². The van der Waals surface area contributed by atoms with Crippen LogP contribution < -0.4 is 19.5 Å². The molecule has 158 valence electrons. The Morgan fingerprint density at radius 3 is 2.59 bits per heavy atom. The minimum atomic E-state index is -0.0141. The molecule has 0 bridgehead atoms. The third-order valence-electron chi connectivity index (χ3n) is 5.14. The normalized spacial score (nSPS) is 15.9. The number of aryl methyl sites for hydroxylation is 1. The topological polar surface area (TPSA) is 43.0 Å². The summed E-state index contributed by atoms with van der Waals surface area (Å²) >= 11 is 6.41. The first-order valence-electron chi connectivity index (χ1n) is 10.1. The Morgan fingerprint density at radius 2 is 1.90 bits per heavy atom. The van der Waals surface area contributed by atoms with E-state index >= 15 is 0 Å². The molecular formula is C23H31ClN2O3. The molecule has 0 aromatic heterocycles. The van der Waals surface area contributed by atoms with Crippen molar-refractivity contribution >= 4 is 11.6 Å². The number of nitrogens with one attached hydrogen (secondary N) is 1. The van der Waals surface area contributed by atoms with E-state index < -0.39 is 0 Å². The first kappa shape index (κ1) is 21.8. The second-order valence-electron chi connectivity index (χ2n) is 7.56. The summed E-state index contributed by atoms with van der Waals surface area (Å²) in [5.41, 5.74) is 4.53. The summed E-state index contributed by atoms with van der Waals surface area (Å²) in [6.45, 7) is 6.95. The SMILES string of the molecule is CCOc1c(C)cc(Cl)cc1C1NCCc2cc(OC)c(OCCN(C)C)cc21. The van der Waals surface area contributed by atoms with Gasteiger partial charge in [0, 0.05) is 23.7 Å². The zero-order chi connectivity index (χ0) is 21.0. The summed E-state index contributed by atoms with van der Waals surface area (Å²) in [4.78, 5) is 2.10. The predicted molar refractivity (Wildman–Crippen MR) is 118 cm³/mol. The van der Waals surface area contributed by atoms with Gasteiger partial charge in [-0.3, -0.25) is 0 Å². The first-order chi connectivity index (χ1) is 13.9. The number of rotatable bonds is 8. The monoisotopic (exact) mass is 418 g/mol. The second kappa shape index (κ2) is 9.70. The molecule has 1 unspecified atom stereocenters. The molecule has 1 heterocycles. The van der Waals surface area contributed by atoms with Crippen LogP contribution in [0.15, 0.2) is 24.3 Å². The molecule has 0 amide bonds. The Balaban J connectivity index is 2.04. The lowest BCUT2D eigenvalue weighted by atomic mass is 9.88. The van der Waals surface area contributed by atoms with Crippen molar-refractivity contribution in [3.8, 4) is 17.2 Å². The van der Waals surface area contributed by atoms with Crippen molar-refractivity contribution in [1.29, 1.82) is 0 Å². The van der Waals surface area contributed by atoms with E-state index in [2.05, 4.69) is 22.3 Å². The largest absolute Gasteiger partial charge is 0.493 e. The molecule has 1 aliphatic rings. The number of likely N-dealkylation sites (N-methyl/N-ethyl adjacent to an activating group) is 1. The van der Waals surface area contributed by atoms with Crippen molar-refractivity contribution in [2.45, 2.75) is 26.3 Å². The van der Waals surface area contributed by atoms with Gasteiger partial charge in [-0.15, -0.1) is 0 Å². The van der Waals surface area contributed by atoms with Crippen molar-refractivity contribution in [2.75, 3.05) is 47.5 Å². The summed E-state index contributed by atoms with van der Waals surface area (Å²) in [7, 11) is 5.75. The minimum Gasteiger partial charge on any atom is -0.493 e. The average molecular weight is 419 g/mol. The van der Waals surface area contributed by atoms with E-state index in [1.54, 1.807) is 7.11 Å². The van der Waals surface area contributed by atoms with Gasteiger partial charge in [-0.1, -0.05) is 11.6 Å². The first-order valence-corrected chi connectivity index (χ1v) is 10.5. The highest BCUT2D eigenvalue weighted by Crippen LogP contribution is 2.41. The number of hydrogen-bond donors (Lipinski definition) is 1. The molecule has 0 radical (unpaired) electrons. The number of fused-ring (bicyclic) bond motifs is 1. The predicted octanol–water partition coefficient (Wildman–Crippen LogP) is 4.23. The molecular weight excluding hydrogens is 388 g/mol. The highest BCUT2D eigenvalue weighted by atomic mass is 35.5.